The summed E-state index contributed by atoms with van der Waals surface area (Å²) in [4.78, 5) is 12.7. The highest BCUT2D eigenvalue weighted by Gasteiger charge is 2.42. The minimum absolute atomic E-state index is 0.0672. The first-order valence-corrected chi connectivity index (χ1v) is 11.8. The van der Waals surface area contributed by atoms with Gasteiger partial charge in [0.1, 0.15) is 0 Å². The lowest BCUT2D eigenvalue weighted by Gasteiger charge is -2.47. The van der Waals surface area contributed by atoms with E-state index in [0.717, 1.165) is 12.8 Å². The number of nitrogens with one attached hydrogen (secondary N) is 2. The maximum absolute atomic E-state index is 15.8. The van der Waals surface area contributed by atoms with E-state index in [1.54, 1.807) is 6.07 Å². The predicted molar refractivity (Wildman–Crippen MR) is 122 cm³/mol. The Morgan fingerprint density at radius 2 is 1.94 bits per heavy atom. The van der Waals surface area contributed by atoms with E-state index in [0.29, 0.717) is 50.8 Å². The SMILES string of the molecule is [C-]#[N+]c1c(-c2[nH]nc3ncc(Cl)cc23)nc(N[C@@H]2C3CCC(CC3)[C@H]2C)c(F)c1C1CC1. The molecule has 6 nitrogen and oxygen atoms in total. The molecule has 0 amide bonds. The van der Waals surface area contributed by atoms with Crippen LogP contribution < -0.4 is 5.32 Å². The Labute approximate surface area is 190 Å². The van der Waals surface area contributed by atoms with E-state index >= 15 is 4.39 Å². The van der Waals surface area contributed by atoms with Crippen LogP contribution in [0, 0.1) is 30.1 Å². The molecule has 0 aliphatic heterocycles. The number of pyridine rings is 2. The summed E-state index contributed by atoms with van der Waals surface area (Å²) >= 11 is 6.18. The number of H-pyrrole nitrogens is 1. The zero-order valence-electron chi connectivity index (χ0n) is 17.8. The molecule has 0 saturated heterocycles. The molecular formula is C24H24ClFN6. The van der Waals surface area contributed by atoms with Crippen molar-refractivity contribution >= 4 is 34.1 Å². The Morgan fingerprint density at radius 3 is 2.62 bits per heavy atom. The predicted octanol–water partition coefficient (Wildman–Crippen LogP) is 6.48. The zero-order chi connectivity index (χ0) is 22.0. The van der Waals surface area contributed by atoms with Crippen LogP contribution in [0.4, 0.5) is 15.9 Å². The molecule has 7 rings (SSSR count). The van der Waals surface area contributed by atoms with Crippen LogP contribution in [-0.2, 0) is 0 Å². The molecule has 164 valence electrons. The number of rotatable bonds is 4. The molecule has 3 heterocycles. The Bertz CT molecular complexity index is 1250. The number of nitrogens with zero attached hydrogens (tertiary/aromatic N) is 4. The molecule has 2 bridgehead atoms. The summed E-state index contributed by atoms with van der Waals surface area (Å²) in [5.41, 5.74) is 2.22. The van der Waals surface area contributed by atoms with Crippen molar-refractivity contribution in [2.75, 3.05) is 5.32 Å². The summed E-state index contributed by atoms with van der Waals surface area (Å²) in [7, 11) is 0. The second-order valence-corrected chi connectivity index (χ2v) is 10.0. The van der Waals surface area contributed by atoms with Gasteiger partial charge in [-0.1, -0.05) is 18.5 Å². The molecule has 0 radical (unpaired) electrons. The van der Waals surface area contributed by atoms with E-state index in [2.05, 4.69) is 32.3 Å². The third-order valence-electron chi connectivity index (χ3n) is 7.80. The summed E-state index contributed by atoms with van der Waals surface area (Å²) < 4.78 is 15.8. The van der Waals surface area contributed by atoms with Gasteiger partial charge in [0.2, 0.25) is 5.69 Å². The average Bonchev–Trinajstić information content (AvgIpc) is 3.56. The summed E-state index contributed by atoms with van der Waals surface area (Å²) in [6, 6.07) is 1.96. The molecule has 0 spiro atoms. The van der Waals surface area contributed by atoms with Crippen LogP contribution in [0.3, 0.4) is 0 Å². The molecule has 3 aromatic rings. The van der Waals surface area contributed by atoms with Gasteiger partial charge in [-0.2, -0.15) is 5.10 Å². The lowest BCUT2D eigenvalue weighted by Crippen LogP contribution is -2.47. The van der Waals surface area contributed by atoms with Crippen LogP contribution in [0.5, 0.6) is 0 Å². The van der Waals surface area contributed by atoms with Gasteiger partial charge in [-0.05, 0) is 68.3 Å². The summed E-state index contributed by atoms with van der Waals surface area (Å²) in [5.74, 6) is 1.67. The van der Waals surface area contributed by atoms with Crippen LogP contribution in [0.25, 0.3) is 27.3 Å². The molecule has 32 heavy (non-hydrogen) atoms. The van der Waals surface area contributed by atoms with Crippen LogP contribution in [0.15, 0.2) is 12.3 Å². The fourth-order valence-corrected chi connectivity index (χ4v) is 6.07. The average molecular weight is 451 g/mol. The number of hydrogen-bond acceptors (Lipinski definition) is 4. The summed E-state index contributed by atoms with van der Waals surface area (Å²) in [6.07, 6.45) is 8.22. The van der Waals surface area contributed by atoms with Crippen molar-refractivity contribution in [2.45, 2.75) is 57.4 Å². The standard InChI is InChI=1S/C24H24ClFN6/c1-11-12-3-7-14(8-4-12)19(11)29-24-18(26)17(13-5-6-13)21(27-2)22(30-24)20-16-9-15(25)10-28-23(16)32-31-20/h9-14,19H,3-8H2,1H3,(H,29,30)(H,28,31,32)/t11-,12?,14?,19+/m1/s1. The highest BCUT2D eigenvalue weighted by molar-refractivity contribution is 6.31. The lowest BCUT2D eigenvalue weighted by molar-refractivity contribution is 0.0926. The second kappa shape index (κ2) is 7.41. The van der Waals surface area contributed by atoms with Gasteiger partial charge in [-0.3, -0.25) is 5.10 Å². The van der Waals surface area contributed by atoms with Gasteiger partial charge in [-0.25, -0.2) is 19.2 Å². The van der Waals surface area contributed by atoms with Crippen molar-refractivity contribution in [3.05, 3.63) is 40.1 Å². The number of hydrogen-bond donors (Lipinski definition) is 2. The monoisotopic (exact) mass is 450 g/mol. The maximum Gasteiger partial charge on any atom is 0.220 e. The Hall–Kier alpha value is -2.72. The normalized spacial score (nSPS) is 26.9. The van der Waals surface area contributed by atoms with Gasteiger partial charge in [0.05, 0.1) is 23.0 Å². The van der Waals surface area contributed by atoms with Crippen molar-refractivity contribution in [3.63, 3.8) is 0 Å². The number of aromatic amines is 1. The number of aromatic nitrogens is 4. The molecule has 4 aliphatic carbocycles. The van der Waals surface area contributed by atoms with Gasteiger partial charge in [-0.15, -0.1) is 0 Å². The van der Waals surface area contributed by atoms with E-state index in [4.69, 9.17) is 23.2 Å². The highest BCUT2D eigenvalue weighted by atomic mass is 35.5. The third kappa shape index (κ3) is 3.07. The molecule has 0 aromatic carbocycles. The van der Waals surface area contributed by atoms with Gasteiger partial charge in [0, 0.05) is 23.2 Å². The molecule has 3 aromatic heterocycles. The maximum atomic E-state index is 15.8. The van der Waals surface area contributed by atoms with Crippen molar-refractivity contribution in [1.82, 2.24) is 20.2 Å². The molecule has 8 heteroatoms. The van der Waals surface area contributed by atoms with Crippen LogP contribution in [0.1, 0.15) is 56.9 Å². The lowest BCUT2D eigenvalue weighted by atomic mass is 9.62. The van der Waals surface area contributed by atoms with Gasteiger partial charge >= 0.3 is 0 Å². The van der Waals surface area contributed by atoms with Crippen LogP contribution in [-0.4, -0.2) is 26.2 Å². The minimum Gasteiger partial charge on any atom is -0.364 e. The van der Waals surface area contributed by atoms with Crippen molar-refractivity contribution < 1.29 is 4.39 Å². The molecule has 4 saturated carbocycles. The minimum atomic E-state index is -0.365. The van der Waals surface area contributed by atoms with Gasteiger partial charge in [0.15, 0.2) is 17.3 Å². The molecular weight excluding hydrogens is 427 g/mol. The molecule has 0 unspecified atom stereocenters. The first kappa shape index (κ1) is 19.9. The van der Waals surface area contributed by atoms with E-state index in [9.17, 15) is 0 Å². The van der Waals surface area contributed by atoms with Crippen LogP contribution in [0.2, 0.25) is 5.02 Å². The third-order valence-corrected chi connectivity index (χ3v) is 8.00. The topological polar surface area (TPSA) is 70.8 Å². The smallest absolute Gasteiger partial charge is 0.220 e. The molecule has 4 aliphatic rings. The van der Waals surface area contributed by atoms with Crippen molar-refractivity contribution in [2.24, 2.45) is 17.8 Å². The van der Waals surface area contributed by atoms with E-state index in [1.807, 2.05) is 0 Å². The molecule has 4 fully saturated rings. The van der Waals surface area contributed by atoms with Crippen LogP contribution >= 0.6 is 11.6 Å². The van der Waals surface area contributed by atoms with E-state index in [1.165, 1.54) is 31.9 Å². The highest BCUT2D eigenvalue weighted by Crippen LogP contribution is 2.51. The fraction of sp³-hybridized carbons (Fsp3) is 0.500. The number of halogens is 2. The number of fused-ring (bicyclic) bond motifs is 4. The Kier molecular flexibility index (Phi) is 4.62. The van der Waals surface area contributed by atoms with Gasteiger partial charge in [0.25, 0.3) is 0 Å². The largest absolute Gasteiger partial charge is 0.364 e. The fourth-order valence-electron chi connectivity index (χ4n) is 5.91. The second-order valence-electron chi connectivity index (χ2n) is 9.60. The van der Waals surface area contributed by atoms with E-state index < -0.39 is 0 Å². The number of anilines is 1. The molecule has 2 N–H and O–H groups in total. The van der Waals surface area contributed by atoms with Gasteiger partial charge < -0.3 is 5.32 Å². The van der Waals surface area contributed by atoms with Crippen molar-refractivity contribution in [1.29, 1.82) is 0 Å². The summed E-state index contributed by atoms with van der Waals surface area (Å²) in [6.45, 7) is 10.1. The molecule has 2 atom stereocenters. The first-order chi connectivity index (χ1) is 15.5. The summed E-state index contributed by atoms with van der Waals surface area (Å²) in [5, 5.41) is 11.9. The van der Waals surface area contributed by atoms with Crippen molar-refractivity contribution in [3.8, 4) is 11.4 Å². The first-order valence-electron chi connectivity index (χ1n) is 11.4. The zero-order valence-corrected chi connectivity index (χ0v) is 18.6. The Balaban J connectivity index is 1.51. The van der Waals surface area contributed by atoms with E-state index in [-0.39, 0.29) is 29.3 Å². The quantitative estimate of drug-likeness (QED) is 0.446. The Morgan fingerprint density at radius 1 is 1.19 bits per heavy atom.